The molecule has 0 aromatic rings. The van der Waals surface area contributed by atoms with E-state index in [0.717, 1.165) is 109 Å². The lowest BCUT2D eigenvalue weighted by molar-refractivity contribution is -0.870. The Bertz CT molecular complexity index is 1620. The van der Waals surface area contributed by atoms with Gasteiger partial charge in [0.2, 0.25) is 0 Å². The Morgan fingerprint density at radius 2 is 0.803 bits per heavy atom. The highest BCUT2D eigenvalue weighted by atomic mass is 16.7. The van der Waals surface area contributed by atoms with Crippen LogP contribution in [0.3, 0.4) is 0 Å². The molecule has 0 aromatic heterocycles. The normalized spacial score (nSPS) is 13.9. The number of carbonyl (C=O) groups excluding carboxylic acids is 2. The monoisotopic (exact) mass is 987 g/mol. The summed E-state index contributed by atoms with van der Waals surface area (Å²) in [7, 11) is 5.93. The van der Waals surface area contributed by atoms with Crippen LogP contribution < -0.4 is 0 Å². The lowest BCUT2D eigenvalue weighted by Gasteiger charge is -2.25. The van der Waals surface area contributed by atoms with Gasteiger partial charge in [0.1, 0.15) is 13.2 Å². The fourth-order valence-corrected chi connectivity index (χ4v) is 6.72. The van der Waals surface area contributed by atoms with Crippen LogP contribution in [-0.4, -0.2) is 87.4 Å². The second kappa shape index (κ2) is 51.8. The zero-order valence-electron chi connectivity index (χ0n) is 45.3. The van der Waals surface area contributed by atoms with E-state index in [-0.39, 0.29) is 38.6 Å². The number of hydrogen-bond donors (Lipinski definition) is 1. The number of carbonyl (C=O) groups is 3. The predicted octanol–water partition coefficient (Wildman–Crippen LogP) is 15.9. The van der Waals surface area contributed by atoms with E-state index in [1.165, 1.54) is 38.5 Å². The lowest BCUT2D eigenvalue weighted by Crippen LogP contribution is -2.40. The molecule has 0 aliphatic rings. The van der Waals surface area contributed by atoms with Gasteiger partial charge in [-0.3, -0.25) is 9.59 Å². The van der Waals surface area contributed by atoms with Crippen LogP contribution in [0.25, 0.3) is 0 Å². The van der Waals surface area contributed by atoms with Crippen LogP contribution in [0.4, 0.5) is 0 Å². The number of allylic oxidation sites excluding steroid dienone is 22. The summed E-state index contributed by atoms with van der Waals surface area (Å²) in [6, 6.07) is 0. The first-order valence-electron chi connectivity index (χ1n) is 27.3. The highest BCUT2D eigenvalue weighted by Gasteiger charge is 2.25. The van der Waals surface area contributed by atoms with Gasteiger partial charge in [0.15, 0.2) is 6.10 Å². The quantitative estimate of drug-likeness (QED) is 0.0211. The second-order valence-corrected chi connectivity index (χ2v) is 18.8. The van der Waals surface area contributed by atoms with Crippen molar-refractivity contribution < 1.29 is 42.9 Å². The molecular formula is C62H100NO8+. The first-order chi connectivity index (χ1) is 34.6. The zero-order valence-corrected chi connectivity index (χ0v) is 45.3. The zero-order chi connectivity index (χ0) is 52.0. The largest absolute Gasteiger partial charge is 0.477 e. The maximum absolute atomic E-state index is 12.8. The minimum absolute atomic E-state index is 0.175. The van der Waals surface area contributed by atoms with E-state index in [4.69, 9.17) is 18.9 Å². The molecule has 0 radical (unpaired) electrons. The molecule has 2 unspecified atom stereocenters. The second-order valence-electron chi connectivity index (χ2n) is 18.8. The first kappa shape index (κ1) is 66.4. The number of rotatable bonds is 48. The number of unbranched alkanes of at least 4 members (excludes halogenated alkanes) is 11. The number of nitrogens with zero attached hydrogens (tertiary/aromatic N) is 1. The van der Waals surface area contributed by atoms with Gasteiger partial charge < -0.3 is 28.5 Å². The molecule has 1 N–H and O–H groups in total. The van der Waals surface area contributed by atoms with Crippen LogP contribution in [0, 0.1) is 0 Å². The van der Waals surface area contributed by atoms with Crippen molar-refractivity contribution in [3.63, 3.8) is 0 Å². The van der Waals surface area contributed by atoms with E-state index < -0.39 is 24.3 Å². The summed E-state index contributed by atoms with van der Waals surface area (Å²) in [5.41, 5.74) is 0. The van der Waals surface area contributed by atoms with E-state index in [9.17, 15) is 19.5 Å². The number of hydrogen-bond acceptors (Lipinski definition) is 7. The molecule has 0 fully saturated rings. The Morgan fingerprint density at radius 3 is 1.20 bits per heavy atom. The van der Waals surface area contributed by atoms with Crippen LogP contribution in [0.5, 0.6) is 0 Å². The summed E-state index contributed by atoms with van der Waals surface area (Å²) in [5.74, 6) is -2.07. The maximum atomic E-state index is 12.8. The smallest absolute Gasteiger partial charge is 0.361 e. The third-order valence-corrected chi connectivity index (χ3v) is 10.9. The number of esters is 2. The fraction of sp³-hybridized carbons (Fsp3) is 0.597. The standard InChI is InChI=1S/C62H99NO8/c1-6-8-10-12-14-16-17-18-19-20-21-22-23-24-25-26-27-28-29-30-31-32-33-34-35-36-37-38-39-40-41-42-43-45-47-49-51-53-60(65)71-58(57-70-62(61(66)67)68-55-54-63(3,4)5)56-69-59(64)52-50-48-46-44-15-13-11-9-7-2/h8,10,14,16,18-19,21-22,24-25,27-28,30-31,33-34,36-37,39-40,42-43,58,62H,6-7,9,11-13,15,17,20,23,26,29,32,35,38,41,44-57H2,1-5H3/p+1/b10-8-,16-14-,19-18-,22-21-,25-24-,28-27-,31-30-,34-33-,37-36-,40-39-,43-42-. The number of carboxylic acids is 1. The molecule has 0 aromatic carbocycles. The number of quaternary nitrogens is 1. The minimum Gasteiger partial charge on any atom is -0.477 e. The van der Waals surface area contributed by atoms with Gasteiger partial charge in [0.05, 0.1) is 34.4 Å². The first-order valence-corrected chi connectivity index (χ1v) is 27.3. The van der Waals surface area contributed by atoms with Gasteiger partial charge >= 0.3 is 17.9 Å². The predicted molar refractivity (Wildman–Crippen MR) is 299 cm³/mol. The summed E-state index contributed by atoms with van der Waals surface area (Å²) >= 11 is 0. The molecule has 0 saturated heterocycles. The highest BCUT2D eigenvalue weighted by Crippen LogP contribution is 2.13. The molecule has 2 atom stereocenters. The molecule has 0 rings (SSSR count). The molecule has 400 valence electrons. The van der Waals surface area contributed by atoms with Crippen molar-refractivity contribution in [1.29, 1.82) is 0 Å². The molecule has 0 saturated carbocycles. The minimum atomic E-state index is -1.52. The Kier molecular flexibility index (Phi) is 48.4. The molecule has 9 heteroatoms. The molecule has 0 aliphatic heterocycles. The molecular weight excluding hydrogens is 887 g/mol. The van der Waals surface area contributed by atoms with Crippen molar-refractivity contribution in [2.75, 3.05) is 47.5 Å². The summed E-state index contributed by atoms with van der Waals surface area (Å²) in [4.78, 5) is 37.1. The Hall–Kier alpha value is -4.57. The van der Waals surface area contributed by atoms with Crippen LogP contribution >= 0.6 is 0 Å². The maximum Gasteiger partial charge on any atom is 0.361 e. The fourth-order valence-electron chi connectivity index (χ4n) is 6.72. The van der Waals surface area contributed by atoms with E-state index in [1.807, 2.05) is 21.1 Å². The Morgan fingerprint density at radius 1 is 0.437 bits per heavy atom. The van der Waals surface area contributed by atoms with Crippen LogP contribution in [-0.2, 0) is 33.3 Å². The lowest BCUT2D eigenvalue weighted by atomic mass is 10.1. The Labute approximate surface area is 433 Å². The molecule has 71 heavy (non-hydrogen) atoms. The molecule has 0 amide bonds. The van der Waals surface area contributed by atoms with Crippen molar-refractivity contribution in [1.82, 2.24) is 0 Å². The average molecular weight is 987 g/mol. The third-order valence-electron chi connectivity index (χ3n) is 10.9. The van der Waals surface area contributed by atoms with Crippen molar-refractivity contribution in [2.24, 2.45) is 0 Å². The number of likely N-dealkylation sites (N-methyl/N-ethyl adjacent to an activating group) is 1. The van der Waals surface area contributed by atoms with Gasteiger partial charge in [0, 0.05) is 12.8 Å². The van der Waals surface area contributed by atoms with E-state index in [1.54, 1.807) is 0 Å². The van der Waals surface area contributed by atoms with Crippen molar-refractivity contribution in [3.8, 4) is 0 Å². The summed E-state index contributed by atoms with van der Waals surface area (Å²) in [6.07, 6.45) is 71.2. The molecule has 0 heterocycles. The van der Waals surface area contributed by atoms with Gasteiger partial charge in [-0.05, 0) is 96.3 Å². The molecule has 0 aliphatic carbocycles. The van der Waals surface area contributed by atoms with Crippen LogP contribution in [0.2, 0.25) is 0 Å². The van der Waals surface area contributed by atoms with Crippen molar-refractivity contribution in [3.05, 3.63) is 134 Å². The topological polar surface area (TPSA) is 108 Å². The van der Waals surface area contributed by atoms with Crippen molar-refractivity contribution in [2.45, 2.75) is 193 Å². The highest BCUT2D eigenvalue weighted by molar-refractivity contribution is 5.71. The van der Waals surface area contributed by atoms with E-state index >= 15 is 0 Å². The van der Waals surface area contributed by atoms with Gasteiger partial charge in [-0.25, -0.2) is 4.79 Å². The summed E-state index contributed by atoms with van der Waals surface area (Å²) in [6.45, 7) is 4.66. The van der Waals surface area contributed by atoms with Gasteiger partial charge in [-0.15, -0.1) is 0 Å². The van der Waals surface area contributed by atoms with Crippen LogP contribution in [0.15, 0.2) is 134 Å². The number of aliphatic carboxylic acids is 1. The Balaban J connectivity index is 4.25. The van der Waals surface area contributed by atoms with Gasteiger partial charge in [0.25, 0.3) is 6.29 Å². The summed E-state index contributed by atoms with van der Waals surface area (Å²) in [5, 5.41) is 9.65. The van der Waals surface area contributed by atoms with E-state index in [2.05, 4.69) is 148 Å². The molecule has 0 spiro atoms. The van der Waals surface area contributed by atoms with E-state index in [0.29, 0.717) is 17.4 Å². The molecule has 0 bridgehead atoms. The summed E-state index contributed by atoms with van der Waals surface area (Å²) < 4.78 is 22.7. The number of carboxylic acid groups (broad SMARTS) is 1. The SMILES string of the molecule is CC/C=C\C/C=C\C/C=C\C/C=C\C/C=C\C/C=C\C/C=C\C/C=C\C/C=C\C/C=C\C/C=C\CCCCCC(=O)OC(COC(=O)CCCCCCCCCCC)COC(OCC[N+](C)(C)C)C(=O)O. The molecule has 9 nitrogen and oxygen atoms in total. The average Bonchev–Trinajstić information content (AvgIpc) is 3.34. The van der Waals surface area contributed by atoms with Gasteiger partial charge in [-0.2, -0.15) is 0 Å². The third kappa shape index (κ3) is 53.1. The number of ether oxygens (including phenoxy) is 4. The van der Waals surface area contributed by atoms with Gasteiger partial charge in [-0.1, -0.05) is 205 Å². The van der Waals surface area contributed by atoms with Crippen LogP contribution in [0.1, 0.15) is 181 Å². The van der Waals surface area contributed by atoms with Crippen molar-refractivity contribution >= 4 is 17.9 Å².